The van der Waals surface area contributed by atoms with E-state index in [1.54, 1.807) is 0 Å². The molecule has 0 unspecified atom stereocenters. The van der Waals surface area contributed by atoms with Crippen molar-refractivity contribution in [1.29, 1.82) is 0 Å². The lowest BCUT2D eigenvalue weighted by Gasteiger charge is -2.00. The summed E-state index contributed by atoms with van der Waals surface area (Å²) in [7, 11) is 0. The van der Waals surface area contributed by atoms with Gasteiger partial charge in [-0.05, 0) is 17.7 Å². The molecule has 0 amide bonds. The summed E-state index contributed by atoms with van der Waals surface area (Å²) in [6, 6.07) is 10.2. The predicted octanol–water partition coefficient (Wildman–Crippen LogP) is 3.71. The maximum Gasteiger partial charge on any atom is 0.0705 e. The SMILES string of the molecule is Br.BrCc1ccnc2ccccc12. The van der Waals surface area contributed by atoms with Gasteiger partial charge >= 0.3 is 0 Å². The Hall–Kier alpha value is -0.410. The number of hydrogen-bond donors (Lipinski definition) is 0. The fourth-order valence-electron chi connectivity index (χ4n) is 1.27. The Labute approximate surface area is 96.1 Å². The van der Waals surface area contributed by atoms with E-state index in [1.807, 2.05) is 30.5 Å². The first-order valence-corrected chi connectivity index (χ1v) is 4.92. The lowest BCUT2D eigenvalue weighted by Crippen LogP contribution is -1.83. The zero-order chi connectivity index (χ0) is 8.39. The zero-order valence-electron chi connectivity index (χ0n) is 6.90. The molecule has 0 saturated carbocycles. The fourth-order valence-corrected chi connectivity index (χ4v) is 1.76. The number of pyridine rings is 1. The van der Waals surface area contributed by atoms with Crippen LogP contribution in [0.2, 0.25) is 0 Å². The van der Waals surface area contributed by atoms with Gasteiger partial charge in [0, 0.05) is 16.9 Å². The minimum absolute atomic E-state index is 0. The van der Waals surface area contributed by atoms with Crippen molar-refractivity contribution in [3.05, 3.63) is 42.1 Å². The molecule has 1 aromatic carbocycles. The number of fused-ring (bicyclic) bond motifs is 1. The van der Waals surface area contributed by atoms with Crippen LogP contribution in [0.25, 0.3) is 10.9 Å². The lowest BCUT2D eigenvalue weighted by molar-refractivity contribution is 1.36. The Morgan fingerprint density at radius 3 is 2.69 bits per heavy atom. The van der Waals surface area contributed by atoms with E-state index in [0.717, 1.165) is 10.8 Å². The van der Waals surface area contributed by atoms with Gasteiger partial charge < -0.3 is 0 Å². The highest BCUT2D eigenvalue weighted by Crippen LogP contribution is 2.17. The molecule has 68 valence electrons. The lowest BCUT2D eigenvalue weighted by atomic mass is 10.1. The van der Waals surface area contributed by atoms with E-state index >= 15 is 0 Å². The maximum absolute atomic E-state index is 4.27. The number of alkyl halides is 1. The largest absolute Gasteiger partial charge is 0.256 e. The third kappa shape index (κ3) is 2.09. The first-order chi connectivity index (χ1) is 5.92. The molecule has 0 atom stereocenters. The monoisotopic (exact) mass is 301 g/mol. The summed E-state index contributed by atoms with van der Waals surface area (Å²) in [5.74, 6) is 0. The minimum atomic E-state index is 0. The van der Waals surface area contributed by atoms with Gasteiger partial charge in [-0.15, -0.1) is 17.0 Å². The molecule has 0 fully saturated rings. The van der Waals surface area contributed by atoms with Crippen molar-refractivity contribution in [1.82, 2.24) is 4.98 Å². The normalized spacial score (nSPS) is 9.62. The van der Waals surface area contributed by atoms with Crippen molar-refractivity contribution in [3.63, 3.8) is 0 Å². The van der Waals surface area contributed by atoms with Crippen molar-refractivity contribution in [3.8, 4) is 0 Å². The summed E-state index contributed by atoms with van der Waals surface area (Å²) >= 11 is 3.45. The fraction of sp³-hybridized carbons (Fsp3) is 0.100. The van der Waals surface area contributed by atoms with E-state index in [4.69, 9.17) is 0 Å². The standard InChI is InChI=1S/C10H8BrN.BrH/c11-7-8-5-6-12-10-4-2-1-3-9(8)10;/h1-6H,7H2;1H. The number of nitrogens with zero attached hydrogens (tertiary/aromatic N) is 1. The first kappa shape index (κ1) is 10.7. The van der Waals surface area contributed by atoms with Crippen LogP contribution in [-0.2, 0) is 5.33 Å². The van der Waals surface area contributed by atoms with Crippen molar-refractivity contribution >= 4 is 43.8 Å². The van der Waals surface area contributed by atoms with Gasteiger partial charge in [-0.1, -0.05) is 34.1 Å². The van der Waals surface area contributed by atoms with Crippen LogP contribution in [0.3, 0.4) is 0 Å². The molecule has 0 radical (unpaired) electrons. The van der Waals surface area contributed by atoms with E-state index in [-0.39, 0.29) is 17.0 Å². The smallest absolute Gasteiger partial charge is 0.0705 e. The highest BCUT2D eigenvalue weighted by atomic mass is 79.9. The molecule has 0 saturated heterocycles. The van der Waals surface area contributed by atoms with E-state index in [9.17, 15) is 0 Å². The molecule has 1 aromatic heterocycles. The molecular formula is C10H9Br2N. The second-order valence-corrected chi connectivity index (χ2v) is 3.18. The second kappa shape index (κ2) is 4.72. The Morgan fingerprint density at radius 2 is 1.92 bits per heavy atom. The summed E-state index contributed by atoms with van der Waals surface area (Å²) in [6.07, 6.45) is 1.85. The molecule has 1 heterocycles. The second-order valence-electron chi connectivity index (χ2n) is 2.62. The zero-order valence-corrected chi connectivity index (χ0v) is 10.2. The molecule has 0 aliphatic heterocycles. The van der Waals surface area contributed by atoms with Crippen molar-refractivity contribution in [2.75, 3.05) is 0 Å². The van der Waals surface area contributed by atoms with Crippen molar-refractivity contribution < 1.29 is 0 Å². The molecule has 1 nitrogen and oxygen atoms in total. The third-order valence-corrected chi connectivity index (χ3v) is 2.49. The van der Waals surface area contributed by atoms with Gasteiger partial charge in [-0.3, -0.25) is 4.98 Å². The number of para-hydroxylation sites is 1. The minimum Gasteiger partial charge on any atom is -0.256 e. The molecule has 3 heteroatoms. The average molecular weight is 303 g/mol. The molecule has 0 bridgehead atoms. The maximum atomic E-state index is 4.27. The van der Waals surface area contributed by atoms with Crippen LogP contribution < -0.4 is 0 Å². The number of hydrogen-bond acceptors (Lipinski definition) is 1. The molecule has 13 heavy (non-hydrogen) atoms. The molecule has 0 aliphatic rings. The van der Waals surface area contributed by atoms with Gasteiger partial charge in [-0.25, -0.2) is 0 Å². The molecule has 0 spiro atoms. The van der Waals surface area contributed by atoms with Gasteiger partial charge in [0.05, 0.1) is 5.52 Å². The summed E-state index contributed by atoms with van der Waals surface area (Å²) in [5, 5.41) is 2.12. The summed E-state index contributed by atoms with van der Waals surface area (Å²) < 4.78 is 0. The van der Waals surface area contributed by atoms with Crippen LogP contribution in [0.4, 0.5) is 0 Å². The third-order valence-electron chi connectivity index (χ3n) is 1.88. The van der Waals surface area contributed by atoms with Gasteiger partial charge in [-0.2, -0.15) is 0 Å². The Kier molecular flexibility index (Phi) is 3.88. The molecular weight excluding hydrogens is 294 g/mol. The average Bonchev–Trinajstić information content (AvgIpc) is 2.17. The van der Waals surface area contributed by atoms with Gasteiger partial charge in [0.1, 0.15) is 0 Å². The van der Waals surface area contributed by atoms with E-state index < -0.39 is 0 Å². The van der Waals surface area contributed by atoms with Crippen molar-refractivity contribution in [2.24, 2.45) is 0 Å². The molecule has 2 aromatic rings. The number of halogens is 2. The Morgan fingerprint density at radius 1 is 1.15 bits per heavy atom. The van der Waals surface area contributed by atoms with E-state index in [0.29, 0.717) is 0 Å². The van der Waals surface area contributed by atoms with E-state index in [1.165, 1.54) is 10.9 Å². The first-order valence-electron chi connectivity index (χ1n) is 3.80. The van der Waals surface area contributed by atoms with Crippen LogP contribution in [-0.4, -0.2) is 4.98 Å². The summed E-state index contributed by atoms with van der Waals surface area (Å²) in [5.41, 5.74) is 2.36. The Bertz CT molecular complexity index is 396. The quantitative estimate of drug-likeness (QED) is 0.732. The van der Waals surface area contributed by atoms with Crippen LogP contribution in [0.15, 0.2) is 36.5 Å². The molecule has 2 rings (SSSR count). The highest BCUT2D eigenvalue weighted by molar-refractivity contribution is 9.08. The van der Waals surface area contributed by atoms with E-state index in [2.05, 4.69) is 27.0 Å². The molecule has 0 N–H and O–H groups in total. The number of rotatable bonds is 1. The van der Waals surface area contributed by atoms with Crippen LogP contribution >= 0.6 is 32.9 Å². The summed E-state index contributed by atoms with van der Waals surface area (Å²) in [4.78, 5) is 4.27. The van der Waals surface area contributed by atoms with Gasteiger partial charge in [0.15, 0.2) is 0 Å². The topological polar surface area (TPSA) is 12.9 Å². The number of benzene rings is 1. The van der Waals surface area contributed by atoms with Crippen LogP contribution in [0, 0.1) is 0 Å². The Balaban J connectivity index is 0.000000845. The summed E-state index contributed by atoms with van der Waals surface area (Å²) in [6.45, 7) is 0. The van der Waals surface area contributed by atoms with Crippen molar-refractivity contribution in [2.45, 2.75) is 5.33 Å². The van der Waals surface area contributed by atoms with Gasteiger partial charge in [0.2, 0.25) is 0 Å². The molecule has 0 aliphatic carbocycles. The van der Waals surface area contributed by atoms with Crippen LogP contribution in [0.5, 0.6) is 0 Å². The predicted molar refractivity (Wildman–Crippen MR) is 64.7 cm³/mol. The van der Waals surface area contributed by atoms with Crippen LogP contribution in [0.1, 0.15) is 5.56 Å². The highest BCUT2D eigenvalue weighted by Gasteiger charge is 1.97. The number of aromatic nitrogens is 1. The van der Waals surface area contributed by atoms with Gasteiger partial charge in [0.25, 0.3) is 0 Å².